The van der Waals surface area contributed by atoms with E-state index in [1.807, 2.05) is 25.1 Å². The number of likely N-dealkylation sites (tertiary alicyclic amines) is 1. The van der Waals surface area contributed by atoms with Gasteiger partial charge in [0.1, 0.15) is 24.2 Å². The molecule has 2 aromatic rings. The molecule has 1 aliphatic rings. The molecule has 0 atom stereocenters. The molecule has 0 spiro atoms. The summed E-state index contributed by atoms with van der Waals surface area (Å²) in [6.07, 6.45) is 7.10. The Morgan fingerprint density at radius 2 is 2.09 bits per heavy atom. The lowest BCUT2D eigenvalue weighted by Gasteiger charge is -2.31. The van der Waals surface area contributed by atoms with Gasteiger partial charge in [-0.15, -0.1) is 0 Å². The molecular weight excluding hydrogens is 280 g/mol. The minimum atomic E-state index is 0.450. The zero-order valence-corrected chi connectivity index (χ0v) is 13.1. The second-order valence-electron chi connectivity index (χ2n) is 5.78. The van der Waals surface area contributed by atoms with Crippen LogP contribution < -0.4 is 10.2 Å². The van der Waals surface area contributed by atoms with Gasteiger partial charge in [-0.3, -0.25) is 4.90 Å². The van der Waals surface area contributed by atoms with E-state index in [1.54, 1.807) is 18.8 Å². The highest BCUT2D eigenvalue weighted by atomic mass is 16.3. The van der Waals surface area contributed by atoms with Crippen molar-refractivity contribution in [2.45, 2.75) is 25.4 Å². The summed E-state index contributed by atoms with van der Waals surface area (Å²) in [5.41, 5.74) is 0. The highest BCUT2D eigenvalue weighted by molar-refractivity contribution is 5.47. The van der Waals surface area contributed by atoms with Crippen LogP contribution >= 0.6 is 0 Å². The van der Waals surface area contributed by atoms with Crippen molar-refractivity contribution in [3.63, 3.8) is 0 Å². The molecular formula is C15H22N6O. The van der Waals surface area contributed by atoms with Crippen LogP contribution in [0.25, 0.3) is 0 Å². The van der Waals surface area contributed by atoms with Gasteiger partial charge in [0, 0.05) is 39.3 Å². The van der Waals surface area contributed by atoms with E-state index in [9.17, 15) is 0 Å². The first-order valence-electron chi connectivity index (χ1n) is 7.57. The highest BCUT2D eigenvalue weighted by Crippen LogP contribution is 2.18. The first kappa shape index (κ1) is 14.8. The maximum absolute atomic E-state index is 5.30. The maximum Gasteiger partial charge on any atom is 0.208 e. The third kappa shape index (κ3) is 3.73. The molecule has 3 heterocycles. The molecule has 7 nitrogen and oxygen atoms in total. The fraction of sp³-hybridized carbons (Fsp3) is 0.533. The van der Waals surface area contributed by atoms with Crippen LogP contribution in [-0.2, 0) is 6.54 Å². The molecule has 0 saturated carbocycles. The molecule has 1 aliphatic heterocycles. The van der Waals surface area contributed by atoms with Gasteiger partial charge in [0.25, 0.3) is 0 Å². The molecule has 22 heavy (non-hydrogen) atoms. The second kappa shape index (κ2) is 6.74. The molecule has 1 fully saturated rings. The summed E-state index contributed by atoms with van der Waals surface area (Å²) in [5, 5.41) is 3.51. The van der Waals surface area contributed by atoms with Crippen LogP contribution in [0, 0.1) is 0 Å². The molecule has 118 valence electrons. The molecule has 0 radical (unpaired) electrons. The lowest BCUT2D eigenvalue weighted by atomic mass is 10.1. The molecule has 1 saturated heterocycles. The van der Waals surface area contributed by atoms with Crippen molar-refractivity contribution in [2.75, 3.05) is 37.4 Å². The number of oxazole rings is 1. The van der Waals surface area contributed by atoms with Crippen LogP contribution in [-0.4, -0.2) is 53.1 Å². The minimum absolute atomic E-state index is 0.450. The van der Waals surface area contributed by atoms with E-state index in [0.717, 1.165) is 50.0 Å². The predicted molar refractivity (Wildman–Crippen MR) is 84.8 cm³/mol. The first-order valence-corrected chi connectivity index (χ1v) is 7.57. The summed E-state index contributed by atoms with van der Waals surface area (Å²) >= 11 is 0. The number of anilines is 2. The normalized spacial score (nSPS) is 16.6. The second-order valence-corrected chi connectivity index (χ2v) is 5.78. The Hall–Kier alpha value is -2.15. The molecule has 2 aromatic heterocycles. The molecule has 0 aliphatic carbocycles. The van der Waals surface area contributed by atoms with Crippen molar-refractivity contribution >= 4 is 11.6 Å². The lowest BCUT2D eigenvalue weighted by molar-refractivity contribution is 0.193. The largest absolute Gasteiger partial charge is 0.448 e. The number of piperidine rings is 1. The Balaban J connectivity index is 1.50. The molecule has 1 N–H and O–H groups in total. The van der Waals surface area contributed by atoms with Gasteiger partial charge >= 0.3 is 0 Å². The molecule has 0 amide bonds. The van der Waals surface area contributed by atoms with E-state index in [1.165, 1.54) is 0 Å². The number of nitrogens with one attached hydrogen (secondary N) is 1. The molecule has 0 aromatic carbocycles. The number of hydrogen-bond acceptors (Lipinski definition) is 7. The lowest BCUT2D eigenvalue weighted by Crippen LogP contribution is -2.38. The monoisotopic (exact) mass is 302 g/mol. The van der Waals surface area contributed by atoms with Gasteiger partial charge in [0.2, 0.25) is 5.89 Å². The zero-order valence-electron chi connectivity index (χ0n) is 13.1. The quantitative estimate of drug-likeness (QED) is 0.899. The van der Waals surface area contributed by atoms with Crippen LogP contribution in [0.5, 0.6) is 0 Å². The highest BCUT2D eigenvalue weighted by Gasteiger charge is 2.20. The third-order valence-corrected chi connectivity index (χ3v) is 3.89. The summed E-state index contributed by atoms with van der Waals surface area (Å²) in [7, 11) is 3.96. The Bertz CT molecular complexity index is 577. The van der Waals surface area contributed by atoms with E-state index in [-0.39, 0.29) is 0 Å². The average Bonchev–Trinajstić information content (AvgIpc) is 3.02. The molecule has 3 rings (SSSR count). The minimum Gasteiger partial charge on any atom is -0.448 e. The van der Waals surface area contributed by atoms with Crippen molar-refractivity contribution < 1.29 is 4.42 Å². The van der Waals surface area contributed by atoms with Gasteiger partial charge in [0.05, 0.1) is 12.7 Å². The van der Waals surface area contributed by atoms with Crippen LogP contribution in [0.4, 0.5) is 11.6 Å². The smallest absolute Gasteiger partial charge is 0.208 e. The van der Waals surface area contributed by atoms with E-state index in [0.29, 0.717) is 6.04 Å². The van der Waals surface area contributed by atoms with Crippen LogP contribution in [0.1, 0.15) is 18.7 Å². The van der Waals surface area contributed by atoms with E-state index in [4.69, 9.17) is 4.42 Å². The van der Waals surface area contributed by atoms with Crippen molar-refractivity contribution in [1.82, 2.24) is 19.9 Å². The summed E-state index contributed by atoms with van der Waals surface area (Å²) < 4.78 is 5.30. The fourth-order valence-corrected chi connectivity index (χ4v) is 2.64. The van der Waals surface area contributed by atoms with Crippen LogP contribution in [0.15, 0.2) is 29.3 Å². The van der Waals surface area contributed by atoms with E-state index < -0.39 is 0 Å². The van der Waals surface area contributed by atoms with Crippen LogP contribution in [0.2, 0.25) is 0 Å². The molecule has 0 unspecified atom stereocenters. The van der Waals surface area contributed by atoms with Crippen LogP contribution in [0.3, 0.4) is 0 Å². The van der Waals surface area contributed by atoms with E-state index >= 15 is 0 Å². The Kier molecular flexibility index (Phi) is 4.53. The van der Waals surface area contributed by atoms with Gasteiger partial charge in [-0.25, -0.2) is 15.0 Å². The van der Waals surface area contributed by atoms with Crippen molar-refractivity contribution in [3.8, 4) is 0 Å². The first-order chi connectivity index (χ1) is 10.7. The Morgan fingerprint density at radius 3 is 2.77 bits per heavy atom. The predicted octanol–water partition coefficient (Wildman–Crippen LogP) is 1.61. The van der Waals surface area contributed by atoms with Crippen molar-refractivity contribution in [1.29, 1.82) is 0 Å². The Morgan fingerprint density at radius 1 is 1.27 bits per heavy atom. The number of nitrogens with zero attached hydrogens (tertiary/aromatic N) is 5. The van der Waals surface area contributed by atoms with E-state index in [2.05, 4.69) is 25.2 Å². The maximum atomic E-state index is 5.30. The Labute approximate surface area is 130 Å². The SMILES string of the molecule is CN(C)c1cc(NC2CCN(Cc3ncco3)CC2)ncn1. The topological polar surface area (TPSA) is 70.3 Å². The number of aromatic nitrogens is 3. The van der Waals surface area contributed by atoms with Gasteiger partial charge in [-0.1, -0.05) is 0 Å². The van der Waals surface area contributed by atoms with Crippen molar-refractivity contribution in [2.24, 2.45) is 0 Å². The standard InChI is InChI=1S/C15H22N6O/c1-20(2)14-9-13(17-11-18-14)19-12-3-6-21(7-4-12)10-15-16-5-8-22-15/h5,8-9,11-12H,3-4,6-7,10H2,1-2H3,(H,17,18,19). The molecule has 0 bridgehead atoms. The van der Waals surface area contributed by atoms with Gasteiger partial charge < -0.3 is 14.6 Å². The summed E-state index contributed by atoms with van der Waals surface area (Å²) in [4.78, 5) is 17.1. The molecule has 7 heteroatoms. The fourth-order valence-electron chi connectivity index (χ4n) is 2.64. The average molecular weight is 302 g/mol. The van der Waals surface area contributed by atoms with Gasteiger partial charge in [-0.2, -0.15) is 0 Å². The summed E-state index contributed by atoms with van der Waals surface area (Å²) in [5.74, 6) is 2.60. The number of rotatable bonds is 5. The third-order valence-electron chi connectivity index (χ3n) is 3.89. The van der Waals surface area contributed by atoms with Gasteiger partial charge in [-0.05, 0) is 12.8 Å². The number of hydrogen-bond donors (Lipinski definition) is 1. The van der Waals surface area contributed by atoms with Crippen molar-refractivity contribution in [3.05, 3.63) is 30.7 Å². The summed E-state index contributed by atoms with van der Waals surface area (Å²) in [6.45, 7) is 2.86. The van der Waals surface area contributed by atoms with Gasteiger partial charge in [0.15, 0.2) is 0 Å². The zero-order chi connectivity index (χ0) is 15.4. The summed E-state index contributed by atoms with van der Waals surface area (Å²) in [6, 6.07) is 2.44.